The van der Waals surface area contributed by atoms with Crippen molar-refractivity contribution < 1.29 is 10.2 Å². The Hall–Kier alpha value is -0.0800. The topological polar surface area (TPSA) is 75.5 Å². The van der Waals surface area contributed by atoms with Gasteiger partial charge in [-0.3, -0.25) is 0 Å². The second kappa shape index (κ2) is 7.21. The van der Waals surface area contributed by atoms with Crippen LogP contribution in [-0.4, -0.2) is 10.2 Å². The molecule has 0 atom stereocenters. The molecule has 0 fully saturated rings. The maximum Gasteiger partial charge on any atom is 0.146 e. The lowest BCUT2D eigenvalue weighted by Crippen LogP contribution is -2.20. The minimum absolute atomic E-state index is 0. The maximum atomic E-state index is 10.1. The minimum Gasteiger partial charge on any atom is -0.508 e. The smallest absolute Gasteiger partial charge is 0.146 e. The number of halogens is 4. The van der Waals surface area contributed by atoms with Gasteiger partial charge in [0.2, 0.25) is 0 Å². The fourth-order valence-electron chi connectivity index (χ4n) is 2.19. The molecule has 2 aromatic rings. The van der Waals surface area contributed by atoms with Crippen LogP contribution in [0.4, 0.5) is 0 Å². The third-order valence-electron chi connectivity index (χ3n) is 3.45. The standard InChI is InChI=1S/C15H12Br4O2.H3N/c1-15(2,7-3-5-8(20)6-4-7)9-10(16)12(18)14(21)13(19)11(9)17;/h3-6,20-21H,1-2H3;1H3. The van der Waals surface area contributed by atoms with Crippen LogP contribution in [0.3, 0.4) is 0 Å². The molecule has 0 aliphatic carbocycles. The highest BCUT2D eigenvalue weighted by Gasteiger charge is 2.31. The third kappa shape index (κ3) is 3.38. The highest BCUT2D eigenvalue weighted by molar-refractivity contribution is 9.14. The lowest BCUT2D eigenvalue weighted by Gasteiger charge is -2.30. The second-order valence-electron chi connectivity index (χ2n) is 5.15. The van der Waals surface area contributed by atoms with E-state index in [0.29, 0.717) is 8.95 Å². The number of aromatic hydroxyl groups is 2. The van der Waals surface area contributed by atoms with E-state index in [0.717, 1.165) is 20.1 Å². The van der Waals surface area contributed by atoms with Gasteiger partial charge in [0.1, 0.15) is 11.5 Å². The quantitative estimate of drug-likeness (QED) is 0.361. The van der Waals surface area contributed by atoms with Gasteiger partial charge in [-0.15, -0.1) is 0 Å². The first-order valence-electron chi connectivity index (χ1n) is 6.02. The van der Waals surface area contributed by atoms with E-state index >= 15 is 0 Å². The summed E-state index contributed by atoms with van der Waals surface area (Å²) in [5, 5.41) is 19.5. The summed E-state index contributed by atoms with van der Waals surface area (Å²) >= 11 is 13.9. The zero-order valence-corrected chi connectivity index (χ0v) is 18.3. The summed E-state index contributed by atoms with van der Waals surface area (Å²) in [5.74, 6) is 0.375. The number of phenolic OH excluding ortho intramolecular Hbond substituents is 2. The summed E-state index contributed by atoms with van der Waals surface area (Å²) in [7, 11) is 0. The van der Waals surface area contributed by atoms with Gasteiger partial charge in [0.15, 0.2) is 0 Å². The first kappa shape index (κ1) is 20.0. The lowest BCUT2D eigenvalue weighted by atomic mass is 9.78. The third-order valence-corrected chi connectivity index (χ3v) is 7.65. The van der Waals surface area contributed by atoms with Crippen LogP contribution in [0.2, 0.25) is 0 Å². The Morgan fingerprint density at radius 2 is 1.18 bits per heavy atom. The average molecular weight is 561 g/mol. The molecule has 0 saturated heterocycles. The van der Waals surface area contributed by atoms with Crippen LogP contribution in [-0.2, 0) is 5.41 Å². The number of hydrogen-bond acceptors (Lipinski definition) is 3. The monoisotopic (exact) mass is 557 g/mol. The summed E-state index contributed by atoms with van der Waals surface area (Å²) in [6.07, 6.45) is 0. The van der Waals surface area contributed by atoms with Crippen LogP contribution in [0.25, 0.3) is 0 Å². The Morgan fingerprint density at radius 3 is 1.59 bits per heavy atom. The molecule has 5 N–H and O–H groups in total. The Morgan fingerprint density at radius 1 is 0.773 bits per heavy atom. The highest BCUT2D eigenvalue weighted by Crippen LogP contribution is 2.51. The molecule has 0 heterocycles. The number of benzene rings is 2. The Bertz CT molecular complexity index is 671. The second-order valence-corrected chi connectivity index (χ2v) is 8.32. The van der Waals surface area contributed by atoms with Crippen LogP contribution in [0, 0.1) is 0 Å². The Balaban J connectivity index is 0.00000242. The van der Waals surface area contributed by atoms with Crippen molar-refractivity contribution in [3.8, 4) is 11.5 Å². The van der Waals surface area contributed by atoms with Crippen LogP contribution in [0.5, 0.6) is 11.5 Å². The van der Waals surface area contributed by atoms with Gasteiger partial charge in [-0.2, -0.15) is 0 Å². The molecule has 0 radical (unpaired) electrons. The van der Waals surface area contributed by atoms with Gasteiger partial charge in [-0.05, 0) is 87.0 Å². The molecule has 0 bridgehead atoms. The van der Waals surface area contributed by atoms with Crippen LogP contribution >= 0.6 is 63.7 Å². The fraction of sp³-hybridized carbons (Fsp3) is 0.200. The van der Waals surface area contributed by atoms with Gasteiger partial charge in [0.25, 0.3) is 0 Å². The molecular weight excluding hydrogens is 546 g/mol. The first-order chi connectivity index (χ1) is 9.67. The van der Waals surface area contributed by atoms with E-state index in [-0.39, 0.29) is 23.1 Å². The largest absolute Gasteiger partial charge is 0.508 e. The van der Waals surface area contributed by atoms with Crippen molar-refractivity contribution >= 4 is 63.7 Å². The van der Waals surface area contributed by atoms with Crippen LogP contribution in [0.1, 0.15) is 25.0 Å². The fourth-order valence-corrected chi connectivity index (χ4v) is 5.28. The molecule has 3 nitrogen and oxygen atoms in total. The van der Waals surface area contributed by atoms with E-state index in [1.54, 1.807) is 12.1 Å². The molecule has 0 aliphatic rings. The molecule has 2 aromatic carbocycles. The van der Waals surface area contributed by atoms with Crippen molar-refractivity contribution in [1.82, 2.24) is 6.15 Å². The molecule has 7 heteroatoms. The minimum atomic E-state index is -0.343. The van der Waals surface area contributed by atoms with Gasteiger partial charge in [0.05, 0.1) is 8.95 Å². The molecule has 0 saturated carbocycles. The Kier molecular flexibility index (Phi) is 6.55. The normalized spacial score (nSPS) is 11.2. The molecule has 0 unspecified atom stereocenters. The van der Waals surface area contributed by atoms with E-state index in [4.69, 9.17) is 0 Å². The average Bonchev–Trinajstić information content (AvgIpc) is 2.43. The Labute approximate surface area is 163 Å². The van der Waals surface area contributed by atoms with Gasteiger partial charge < -0.3 is 16.4 Å². The van der Waals surface area contributed by atoms with E-state index in [9.17, 15) is 10.2 Å². The van der Waals surface area contributed by atoms with Crippen molar-refractivity contribution in [3.05, 3.63) is 53.3 Å². The zero-order chi connectivity index (χ0) is 15.9. The number of hydrogen-bond donors (Lipinski definition) is 3. The van der Waals surface area contributed by atoms with Crippen LogP contribution in [0.15, 0.2) is 42.2 Å². The molecule has 22 heavy (non-hydrogen) atoms. The molecule has 0 aromatic heterocycles. The predicted octanol–water partition coefficient (Wildman–Crippen LogP) is 6.64. The van der Waals surface area contributed by atoms with E-state index < -0.39 is 0 Å². The SMILES string of the molecule is CC(C)(c1ccc(O)cc1)c1c(Br)c(Br)c(O)c(Br)c1Br.N. The van der Waals surface area contributed by atoms with Crippen molar-refractivity contribution in [1.29, 1.82) is 0 Å². The molecule has 0 spiro atoms. The summed E-state index contributed by atoms with van der Waals surface area (Å²) < 4.78 is 2.76. The summed E-state index contributed by atoms with van der Waals surface area (Å²) in [6.45, 7) is 4.17. The summed E-state index contributed by atoms with van der Waals surface area (Å²) in [4.78, 5) is 0. The molecule has 0 aliphatic heterocycles. The van der Waals surface area contributed by atoms with Crippen molar-refractivity contribution in [2.45, 2.75) is 19.3 Å². The van der Waals surface area contributed by atoms with Gasteiger partial charge in [-0.1, -0.05) is 26.0 Å². The van der Waals surface area contributed by atoms with E-state index in [1.165, 1.54) is 0 Å². The van der Waals surface area contributed by atoms with Crippen LogP contribution < -0.4 is 6.15 Å². The summed E-state index contributed by atoms with van der Waals surface area (Å²) in [5.41, 5.74) is 1.69. The van der Waals surface area contributed by atoms with E-state index in [1.807, 2.05) is 12.1 Å². The number of rotatable bonds is 2. The highest BCUT2D eigenvalue weighted by atomic mass is 79.9. The zero-order valence-electron chi connectivity index (χ0n) is 11.9. The molecular formula is C15H15Br4NO2. The molecule has 2 rings (SSSR count). The molecule has 120 valence electrons. The lowest BCUT2D eigenvalue weighted by molar-refractivity contribution is 0.466. The first-order valence-corrected chi connectivity index (χ1v) is 9.20. The van der Waals surface area contributed by atoms with Gasteiger partial charge in [-0.25, -0.2) is 0 Å². The van der Waals surface area contributed by atoms with Crippen molar-refractivity contribution in [2.75, 3.05) is 0 Å². The van der Waals surface area contributed by atoms with Crippen molar-refractivity contribution in [3.63, 3.8) is 0 Å². The molecule has 0 amide bonds. The van der Waals surface area contributed by atoms with Gasteiger partial charge in [0, 0.05) is 14.4 Å². The van der Waals surface area contributed by atoms with Crippen molar-refractivity contribution in [2.24, 2.45) is 0 Å². The van der Waals surface area contributed by atoms with Gasteiger partial charge >= 0.3 is 0 Å². The number of phenols is 2. The summed E-state index contributed by atoms with van der Waals surface area (Å²) in [6, 6.07) is 7.12. The predicted molar refractivity (Wildman–Crippen MR) is 104 cm³/mol. The maximum absolute atomic E-state index is 10.1. The van der Waals surface area contributed by atoms with E-state index in [2.05, 4.69) is 77.6 Å².